The van der Waals surface area contributed by atoms with Crippen molar-refractivity contribution >= 4 is 113 Å². The van der Waals surface area contributed by atoms with Crippen LogP contribution in [0.3, 0.4) is 0 Å². The van der Waals surface area contributed by atoms with E-state index in [1.807, 2.05) is 5.32 Å². The number of aliphatic hydroxyl groups is 12. The maximum Gasteiger partial charge on any atom is 0.397 e. The Kier molecular flexibility index (Phi) is 35.0. The van der Waals surface area contributed by atoms with Crippen LogP contribution in [0, 0.1) is 0 Å². The maximum atomic E-state index is 13.3. The fourth-order valence-electron chi connectivity index (χ4n) is 13.3. The van der Waals surface area contributed by atoms with E-state index < -0.39 is 378 Å². The summed E-state index contributed by atoms with van der Waals surface area (Å²) >= 11 is 0. The standard InChI is InChI=1S/C49H78N4O65S8/c1-6(54)50-11-17(57)16(56)8(3-100-122(84,85)86)103-44(11)111-29-21(61)23(63)47(114-35(29)39(68)69)104-7-2-99-43(12(15(7)55)51-119(75,76)77)110-30-24(64)32(117-125(93,94)95)48(115-36(30)40(70)71)108-27-10(5-102-124(90,91)92)106-46(14(19(27)59)53-121(81,82)83)113-31-25(65)33(118-126(96,97)98)49(116-37(31)41(72)73)109-26-9(4-101-123(87,88)89)105-45(13(18(26)58)52-120(78,79)80)112-28-20(60)22(62)42(74)107-34(28)38(66)67/h7-37,42-49,51-53,55-65,74H,2-5H2,1H3,(H,50,54)(H,66,67)(H,68,69)(H,70,71)(H,72,73)(H,75,76,77)(H,78,79,80)(H,81,82,83)(H,84,85,86)(H,87,88,89)(H,90,91,92)(H,93,94,95)(H,96,97,98)/t7-,8-,9-,10-,11-,12-,13-,14-,15+,16-,17-,18-,19-,20-,21-,22-,23-,24+,25+,26-,27-,28+,29+,30+,31+,32-,33-,34+,35+,36-,37-,42-,43-,44-,45-,46-,47-,48-,49-/m1/s1. The summed E-state index contributed by atoms with van der Waals surface area (Å²) in [6, 6.07) is -10.9. The Morgan fingerprint density at radius 1 is 0.302 bits per heavy atom. The summed E-state index contributed by atoms with van der Waals surface area (Å²) in [6.07, 6.45) is -100. The van der Waals surface area contributed by atoms with E-state index in [4.69, 9.17) is 70.9 Å². The van der Waals surface area contributed by atoms with Crippen LogP contribution in [0.15, 0.2) is 0 Å². The number of carboxylic acids is 4. The van der Waals surface area contributed by atoms with E-state index in [1.165, 1.54) is 9.44 Å². The van der Waals surface area contributed by atoms with Crippen LogP contribution in [-0.4, -0.2) is 481 Å². The van der Waals surface area contributed by atoms with Crippen molar-refractivity contribution in [3.05, 3.63) is 0 Å². The van der Waals surface area contributed by atoms with Crippen LogP contribution in [0.2, 0.25) is 0 Å². The van der Waals surface area contributed by atoms with Crippen LogP contribution in [0.25, 0.3) is 0 Å². The van der Waals surface area contributed by atoms with E-state index in [0.29, 0.717) is 0 Å². The highest BCUT2D eigenvalue weighted by molar-refractivity contribution is 7.84. The second-order valence-electron chi connectivity index (χ2n) is 27.3. The minimum Gasteiger partial charge on any atom is -0.479 e. The molecular formula is C49H78N4O65S8. The molecule has 0 saturated carbocycles. The van der Waals surface area contributed by atoms with Crippen LogP contribution >= 0.6 is 0 Å². The Morgan fingerprint density at radius 3 is 0.960 bits per heavy atom. The molecule has 0 aromatic rings. The number of aliphatic carboxylic acids is 4. The normalized spacial score (nSPS) is 41.6. The third-order valence-electron chi connectivity index (χ3n) is 18.5. The summed E-state index contributed by atoms with van der Waals surface area (Å²) in [5, 5.41) is 178. The molecule has 0 bridgehead atoms. The van der Waals surface area contributed by atoms with Gasteiger partial charge in [-0.05, 0) is 0 Å². The van der Waals surface area contributed by atoms with Gasteiger partial charge in [0.1, 0.15) is 152 Å². The third-order valence-corrected chi connectivity index (χ3v) is 22.5. The molecule has 69 nitrogen and oxygen atoms in total. The topological polar surface area (TPSA) is 1080 Å². The summed E-state index contributed by atoms with van der Waals surface area (Å²) in [5.74, 6) is -10.5. The highest BCUT2D eigenvalue weighted by Crippen LogP contribution is 2.41. The molecule has 0 aromatic heterocycles. The smallest absolute Gasteiger partial charge is 0.397 e. The van der Waals surface area contributed by atoms with E-state index in [9.17, 15) is 205 Å². The van der Waals surface area contributed by atoms with E-state index in [2.05, 4.69) is 25.7 Å². The first-order valence-corrected chi connectivity index (χ1v) is 45.2. The second-order valence-corrected chi connectivity index (χ2v) is 36.2. The SMILES string of the molecule is CC(=O)N[C@H]1[C@@H](O[C@H]2[C@H](O)[C@@H](O)[C@H](O[C@@H]3CO[C@H](O[C@H]4[C@H](O)[C@@H](OS(=O)(=O)O)[C@H](O[C@H]5[C@H](O)[C@@H](NS(=O)(=O)O)[C@@H](O[C@H]6[C@H](O)[C@@H](OS(=O)(=O)O)[C@H](O[C@H]7[C@H](O)[C@@H](NS(=O)(=O)O)[C@@H](O[C@H]8[C@H](O)[C@@H](O)[C@H](O)O[C@@H]8C(=O)O)O[C@@H]7COS(=O)(=O)O)O[C@H]6C(=O)O)O[C@@H]5COS(=O)(=O)O)O[C@H]4C(=O)O)[C@H](NS(=O)(=O)O)[C@H]3O)O[C@@H]2C(=O)O)O[C@H](COS(=O)(=O)O)[C@@H](O)[C@@H]1O. The fourth-order valence-corrected chi connectivity index (χ4v) is 17.0. The van der Waals surface area contributed by atoms with Crippen molar-refractivity contribution in [2.24, 2.45) is 0 Å². The summed E-state index contributed by atoms with van der Waals surface area (Å²) in [4.78, 5) is 63.6. The zero-order valence-electron chi connectivity index (χ0n) is 61.6. The van der Waals surface area contributed by atoms with Crippen LogP contribution in [0.1, 0.15) is 6.92 Å². The zero-order chi connectivity index (χ0) is 95.2. The average Bonchev–Trinajstić information content (AvgIpc) is 0.757. The predicted molar refractivity (Wildman–Crippen MR) is 362 cm³/mol. The zero-order valence-corrected chi connectivity index (χ0v) is 68.1. The molecule has 8 rings (SSSR count). The van der Waals surface area contributed by atoms with E-state index in [1.54, 1.807) is 0 Å². The quantitative estimate of drug-likeness (QED) is 0.0255. The van der Waals surface area contributed by atoms with E-state index in [-0.39, 0.29) is 0 Å². The first-order chi connectivity index (χ1) is 57.5. The number of ether oxygens (including phenoxy) is 15. The van der Waals surface area contributed by atoms with Crippen LogP contribution in [0.5, 0.6) is 0 Å². The Morgan fingerprint density at radius 2 is 0.611 bits per heavy atom. The van der Waals surface area contributed by atoms with Crippen molar-refractivity contribution in [3.8, 4) is 0 Å². The van der Waals surface area contributed by atoms with Crippen molar-refractivity contribution < 1.29 is 301 Å². The van der Waals surface area contributed by atoms with Gasteiger partial charge in [-0.1, -0.05) is 0 Å². The van der Waals surface area contributed by atoms with Crippen molar-refractivity contribution in [1.29, 1.82) is 0 Å². The molecule has 77 heteroatoms. The molecule has 732 valence electrons. The van der Waals surface area contributed by atoms with Gasteiger partial charge in [0.2, 0.25) is 5.91 Å². The molecular weight excluding hydrogens is 1940 g/mol. The number of hydrogen-bond donors (Lipinski definition) is 28. The molecule has 0 spiro atoms. The molecule has 8 heterocycles. The largest absolute Gasteiger partial charge is 0.479 e. The van der Waals surface area contributed by atoms with Gasteiger partial charge in [0, 0.05) is 6.92 Å². The molecule has 8 aliphatic rings. The lowest BCUT2D eigenvalue weighted by Crippen LogP contribution is -2.71. The van der Waals surface area contributed by atoms with Crippen LogP contribution in [-0.2, 0) is 199 Å². The number of carbonyl (C=O) groups excluding carboxylic acids is 1. The molecule has 1 amide bonds. The summed E-state index contributed by atoms with van der Waals surface area (Å²) in [6.45, 7) is -5.83. The monoisotopic (exact) mass is 2020 g/mol. The number of amides is 1. The first-order valence-electron chi connectivity index (χ1n) is 34.1. The second kappa shape index (κ2) is 41.4. The minimum atomic E-state index is -6.33. The fraction of sp³-hybridized carbons (Fsp3) is 0.898. The summed E-state index contributed by atoms with van der Waals surface area (Å²) in [5.41, 5.74) is 0. The third kappa shape index (κ3) is 28.2. The van der Waals surface area contributed by atoms with Gasteiger partial charge in [-0.15, -0.1) is 0 Å². The Labute approximate surface area is 703 Å². The molecule has 0 unspecified atom stereocenters. The van der Waals surface area contributed by atoms with Gasteiger partial charge in [0.15, 0.2) is 86.9 Å². The lowest BCUT2D eigenvalue weighted by Gasteiger charge is -2.50. The number of carbonyl (C=O) groups is 5. The highest BCUT2D eigenvalue weighted by Gasteiger charge is 2.64. The summed E-state index contributed by atoms with van der Waals surface area (Å²) < 4.78 is 380. The van der Waals surface area contributed by atoms with Gasteiger partial charge in [-0.2, -0.15) is 81.5 Å². The van der Waals surface area contributed by atoms with Crippen molar-refractivity contribution in [2.45, 2.75) is 246 Å². The summed E-state index contributed by atoms with van der Waals surface area (Å²) in [7, 11) is -47.7. The Bertz CT molecular complexity index is 4790. The van der Waals surface area contributed by atoms with Gasteiger partial charge in [-0.25, -0.2) is 40.1 Å². The number of hydrogen-bond acceptors (Lipinski definition) is 53. The lowest BCUT2D eigenvalue weighted by molar-refractivity contribution is -0.376. The predicted octanol–water partition coefficient (Wildman–Crippen LogP) is -20.0. The molecule has 8 saturated heterocycles. The van der Waals surface area contributed by atoms with Gasteiger partial charge in [0.05, 0.1) is 26.4 Å². The average molecular weight is 2020 g/mol. The Balaban J connectivity index is 1.08. The van der Waals surface area contributed by atoms with Gasteiger partial charge < -0.3 is 158 Å². The molecule has 28 N–H and O–H groups in total. The van der Waals surface area contributed by atoms with Crippen LogP contribution < -0.4 is 19.5 Å². The van der Waals surface area contributed by atoms with Gasteiger partial charge in [-0.3, -0.25) is 41.2 Å². The molecule has 0 aliphatic carbocycles. The van der Waals surface area contributed by atoms with E-state index in [0.717, 1.165) is 11.6 Å². The molecule has 0 aromatic carbocycles. The molecule has 8 aliphatic heterocycles. The van der Waals surface area contributed by atoms with Crippen molar-refractivity contribution in [2.75, 3.05) is 26.4 Å². The minimum absolute atomic E-state index is 0.822. The first kappa shape index (κ1) is 107. The Hall–Kier alpha value is -4.77. The van der Waals surface area contributed by atoms with Gasteiger partial charge >= 0.3 is 107 Å². The number of aliphatic hydroxyl groups excluding tert-OH is 12. The van der Waals surface area contributed by atoms with Crippen molar-refractivity contribution in [3.63, 3.8) is 0 Å². The molecule has 126 heavy (non-hydrogen) atoms. The number of nitrogens with one attached hydrogen (secondary N) is 4. The molecule has 0 radical (unpaired) electrons. The lowest BCUT2D eigenvalue weighted by atomic mass is 9.94. The molecule has 8 fully saturated rings. The number of rotatable bonds is 38. The van der Waals surface area contributed by atoms with Gasteiger partial charge in [0.25, 0.3) is 0 Å². The van der Waals surface area contributed by atoms with Crippen LogP contribution in [0.4, 0.5) is 0 Å². The molecule has 39 atom stereocenters. The maximum absolute atomic E-state index is 13.3. The highest BCUT2D eigenvalue weighted by atomic mass is 32.3. The van der Waals surface area contributed by atoms with Crippen molar-refractivity contribution in [1.82, 2.24) is 19.5 Å². The number of carboxylic acid groups (broad SMARTS) is 4. The van der Waals surface area contributed by atoms with E-state index >= 15 is 0 Å².